The minimum atomic E-state index is -0.238. The second kappa shape index (κ2) is 5.54. The number of hydrogen-bond acceptors (Lipinski definition) is 4. The lowest BCUT2D eigenvalue weighted by molar-refractivity contribution is -0.119. The van der Waals surface area contributed by atoms with Crippen molar-refractivity contribution in [3.05, 3.63) is 45.5 Å². The lowest BCUT2D eigenvalue weighted by atomic mass is 10.1. The number of halogens is 2. The van der Waals surface area contributed by atoms with Crippen molar-refractivity contribution in [2.24, 2.45) is 0 Å². The molecule has 1 atom stereocenters. The van der Waals surface area contributed by atoms with Gasteiger partial charge in [0.1, 0.15) is 5.78 Å². The molecule has 6 heteroatoms. The van der Waals surface area contributed by atoms with Gasteiger partial charge in [0.2, 0.25) is 5.89 Å². The molecule has 1 aliphatic carbocycles. The van der Waals surface area contributed by atoms with Gasteiger partial charge in [0.25, 0.3) is 0 Å². The van der Waals surface area contributed by atoms with Crippen LogP contribution in [0.4, 0.5) is 0 Å². The van der Waals surface area contributed by atoms with E-state index < -0.39 is 0 Å². The first kappa shape index (κ1) is 13.6. The van der Waals surface area contributed by atoms with Crippen LogP contribution in [0.3, 0.4) is 0 Å². The fraction of sp³-hybridized carbons (Fsp3) is 0.357. The van der Waals surface area contributed by atoms with Crippen LogP contribution in [-0.2, 0) is 11.2 Å². The van der Waals surface area contributed by atoms with Gasteiger partial charge in [-0.15, -0.1) is 0 Å². The second-order valence-electron chi connectivity index (χ2n) is 4.84. The van der Waals surface area contributed by atoms with Crippen molar-refractivity contribution in [3.8, 4) is 0 Å². The molecule has 1 aromatic heterocycles. The summed E-state index contributed by atoms with van der Waals surface area (Å²) in [7, 11) is 0. The van der Waals surface area contributed by atoms with Gasteiger partial charge in [-0.05, 0) is 30.5 Å². The zero-order valence-electron chi connectivity index (χ0n) is 10.6. The average Bonchev–Trinajstić information content (AvgIpc) is 3.02. The highest BCUT2D eigenvalue weighted by Crippen LogP contribution is 2.31. The van der Waals surface area contributed by atoms with Gasteiger partial charge in [0.15, 0.2) is 5.82 Å². The fourth-order valence-electron chi connectivity index (χ4n) is 2.42. The molecular weight excluding hydrogens is 299 g/mol. The van der Waals surface area contributed by atoms with Gasteiger partial charge >= 0.3 is 0 Å². The number of carbonyl (C=O) groups excluding carboxylic acids is 1. The van der Waals surface area contributed by atoms with Crippen LogP contribution in [0.1, 0.15) is 42.5 Å². The Morgan fingerprint density at radius 2 is 2.05 bits per heavy atom. The molecule has 0 N–H and O–H groups in total. The van der Waals surface area contributed by atoms with E-state index in [1.807, 2.05) is 0 Å². The maximum absolute atomic E-state index is 11.7. The third-order valence-corrected chi connectivity index (χ3v) is 4.19. The van der Waals surface area contributed by atoms with Crippen LogP contribution in [0, 0.1) is 0 Å². The first-order valence-electron chi connectivity index (χ1n) is 6.43. The molecule has 104 valence electrons. The molecular formula is C14H12Cl2N2O2. The minimum Gasteiger partial charge on any atom is -0.339 e. The average molecular weight is 311 g/mol. The molecule has 0 aliphatic heterocycles. The summed E-state index contributed by atoms with van der Waals surface area (Å²) in [6.07, 6.45) is 2.66. The van der Waals surface area contributed by atoms with Gasteiger partial charge in [0, 0.05) is 22.9 Å². The van der Waals surface area contributed by atoms with E-state index in [1.54, 1.807) is 18.2 Å². The van der Waals surface area contributed by atoms with Crippen LogP contribution in [-0.4, -0.2) is 15.9 Å². The number of rotatable bonds is 3. The zero-order chi connectivity index (χ0) is 14.1. The van der Waals surface area contributed by atoms with Crippen LogP contribution < -0.4 is 0 Å². The topological polar surface area (TPSA) is 56.0 Å². The predicted octanol–water partition coefficient (Wildman–Crippen LogP) is 3.80. The maximum Gasteiger partial charge on any atom is 0.237 e. The standard InChI is InChI=1S/C14H12Cl2N2O2/c15-10-4-2-5-11(16)9(10)7-13-17-14(20-18-13)8-3-1-6-12(8)19/h2,4-5,8H,1,3,6-7H2. The molecule has 3 rings (SSSR count). The first-order valence-corrected chi connectivity index (χ1v) is 7.19. The summed E-state index contributed by atoms with van der Waals surface area (Å²) in [6.45, 7) is 0. The Morgan fingerprint density at radius 1 is 1.30 bits per heavy atom. The van der Waals surface area contributed by atoms with E-state index in [1.165, 1.54) is 0 Å². The number of aromatic nitrogens is 2. The zero-order valence-corrected chi connectivity index (χ0v) is 12.1. The number of benzene rings is 1. The molecule has 1 fully saturated rings. The smallest absolute Gasteiger partial charge is 0.237 e. The highest BCUT2D eigenvalue weighted by atomic mass is 35.5. The van der Waals surface area contributed by atoms with E-state index in [-0.39, 0.29) is 11.7 Å². The van der Waals surface area contributed by atoms with Gasteiger partial charge in [-0.2, -0.15) is 4.98 Å². The van der Waals surface area contributed by atoms with E-state index in [2.05, 4.69) is 10.1 Å². The van der Waals surface area contributed by atoms with Gasteiger partial charge in [-0.1, -0.05) is 34.4 Å². The highest BCUT2D eigenvalue weighted by Gasteiger charge is 2.31. The van der Waals surface area contributed by atoms with Crippen molar-refractivity contribution in [1.29, 1.82) is 0 Å². The lowest BCUT2D eigenvalue weighted by Gasteiger charge is -2.03. The van der Waals surface area contributed by atoms with E-state index in [0.29, 0.717) is 34.6 Å². The molecule has 1 saturated carbocycles. The molecule has 0 bridgehead atoms. The number of ketones is 1. The number of nitrogens with zero attached hydrogens (tertiary/aromatic N) is 2. The summed E-state index contributed by atoms with van der Waals surface area (Å²) in [5.74, 6) is 0.842. The summed E-state index contributed by atoms with van der Waals surface area (Å²) in [4.78, 5) is 16.0. The first-order chi connectivity index (χ1) is 9.65. The highest BCUT2D eigenvalue weighted by molar-refractivity contribution is 6.36. The molecule has 0 amide bonds. The molecule has 0 saturated heterocycles. The van der Waals surface area contributed by atoms with Gasteiger partial charge in [-0.3, -0.25) is 4.79 Å². The van der Waals surface area contributed by atoms with E-state index in [4.69, 9.17) is 27.7 Å². The molecule has 1 heterocycles. The lowest BCUT2D eigenvalue weighted by Crippen LogP contribution is -2.04. The Hall–Kier alpha value is -1.39. The largest absolute Gasteiger partial charge is 0.339 e. The monoisotopic (exact) mass is 310 g/mol. The molecule has 0 spiro atoms. The summed E-state index contributed by atoms with van der Waals surface area (Å²) >= 11 is 12.2. The van der Waals surface area contributed by atoms with E-state index in [0.717, 1.165) is 18.4 Å². The molecule has 4 nitrogen and oxygen atoms in total. The third kappa shape index (κ3) is 2.58. The quantitative estimate of drug-likeness (QED) is 0.865. The Bertz CT molecular complexity index is 634. The van der Waals surface area contributed by atoms with Gasteiger partial charge in [0.05, 0.1) is 5.92 Å². The Labute approximate surface area is 126 Å². The van der Waals surface area contributed by atoms with E-state index >= 15 is 0 Å². The molecule has 1 aliphatic rings. The summed E-state index contributed by atoms with van der Waals surface area (Å²) in [5.41, 5.74) is 0.765. The van der Waals surface area contributed by atoms with Crippen LogP contribution >= 0.6 is 23.2 Å². The predicted molar refractivity (Wildman–Crippen MR) is 75.2 cm³/mol. The Balaban J connectivity index is 1.82. The van der Waals surface area contributed by atoms with Crippen molar-refractivity contribution in [2.75, 3.05) is 0 Å². The maximum atomic E-state index is 11.7. The Kier molecular flexibility index (Phi) is 3.76. The van der Waals surface area contributed by atoms with Crippen LogP contribution in [0.2, 0.25) is 10.0 Å². The van der Waals surface area contributed by atoms with Crippen molar-refractivity contribution in [3.63, 3.8) is 0 Å². The van der Waals surface area contributed by atoms with Crippen LogP contribution in [0.25, 0.3) is 0 Å². The third-order valence-electron chi connectivity index (χ3n) is 3.48. The van der Waals surface area contributed by atoms with Crippen molar-refractivity contribution >= 4 is 29.0 Å². The van der Waals surface area contributed by atoms with Gasteiger partial charge < -0.3 is 4.52 Å². The molecule has 2 aromatic rings. The van der Waals surface area contributed by atoms with Crippen molar-refractivity contribution in [2.45, 2.75) is 31.6 Å². The number of hydrogen-bond donors (Lipinski definition) is 0. The molecule has 0 radical (unpaired) electrons. The minimum absolute atomic E-state index is 0.177. The summed E-state index contributed by atoms with van der Waals surface area (Å²) < 4.78 is 5.20. The molecule has 1 aromatic carbocycles. The van der Waals surface area contributed by atoms with Crippen LogP contribution in [0.15, 0.2) is 22.7 Å². The molecule has 20 heavy (non-hydrogen) atoms. The molecule has 1 unspecified atom stereocenters. The Morgan fingerprint density at radius 3 is 2.70 bits per heavy atom. The normalized spacial score (nSPS) is 18.7. The number of carbonyl (C=O) groups is 1. The van der Waals surface area contributed by atoms with E-state index in [9.17, 15) is 4.79 Å². The van der Waals surface area contributed by atoms with Crippen LogP contribution in [0.5, 0.6) is 0 Å². The number of Topliss-reactive ketones (excluding diaryl/α,β-unsaturated/α-hetero) is 1. The summed E-state index contributed by atoms with van der Waals surface area (Å²) in [5, 5.41) is 5.06. The second-order valence-corrected chi connectivity index (χ2v) is 5.65. The fourth-order valence-corrected chi connectivity index (χ4v) is 2.95. The SMILES string of the molecule is O=C1CCCC1c1nc(Cc2c(Cl)cccc2Cl)no1. The van der Waals surface area contributed by atoms with Gasteiger partial charge in [-0.25, -0.2) is 0 Å². The summed E-state index contributed by atoms with van der Waals surface area (Å²) in [6, 6.07) is 5.32. The van der Waals surface area contributed by atoms with Crippen molar-refractivity contribution in [1.82, 2.24) is 10.1 Å². The van der Waals surface area contributed by atoms with Crippen molar-refractivity contribution < 1.29 is 9.32 Å².